The lowest BCUT2D eigenvalue weighted by Gasteiger charge is -2.13. The van der Waals surface area contributed by atoms with E-state index in [1.807, 2.05) is 0 Å². The molecule has 0 fully saturated rings. The molecule has 0 radical (unpaired) electrons. The van der Waals surface area contributed by atoms with Crippen LogP contribution in [0.5, 0.6) is 5.75 Å². The van der Waals surface area contributed by atoms with Crippen LogP contribution >= 0.6 is 23.2 Å². The molecule has 2 heterocycles. The number of methoxy groups -OCH3 is 1. The average molecular weight is 599 g/mol. The van der Waals surface area contributed by atoms with E-state index in [4.69, 9.17) is 37.1 Å². The molecule has 0 spiro atoms. The zero-order chi connectivity index (χ0) is 28.6. The highest BCUT2D eigenvalue weighted by Crippen LogP contribution is 2.42. The van der Waals surface area contributed by atoms with Gasteiger partial charge in [0.1, 0.15) is 21.4 Å². The Balaban J connectivity index is 1.79. The molecule has 0 unspecified atom stereocenters. The normalized spacial score (nSPS) is 12.1. The maximum atomic E-state index is 13.2. The van der Waals surface area contributed by atoms with Gasteiger partial charge in [0.15, 0.2) is 23.7 Å². The van der Waals surface area contributed by atoms with Crippen molar-refractivity contribution >= 4 is 78.7 Å². The minimum Gasteiger partial charge on any atom is -0.619 e. The molecule has 12 heteroatoms. The van der Waals surface area contributed by atoms with Crippen LogP contribution in [0.3, 0.4) is 0 Å². The predicted octanol–water partition coefficient (Wildman–Crippen LogP) is 6.26. The number of esters is 1. The van der Waals surface area contributed by atoms with E-state index in [0.717, 1.165) is 18.6 Å². The largest absolute Gasteiger partial charge is 0.619 e. The molecule has 0 saturated carbocycles. The van der Waals surface area contributed by atoms with E-state index in [2.05, 4.69) is 4.72 Å². The van der Waals surface area contributed by atoms with Gasteiger partial charge in [0.25, 0.3) is 0 Å². The summed E-state index contributed by atoms with van der Waals surface area (Å²) in [4.78, 5) is 13.2. The highest BCUT2D eigenvalue weighted by atomic mass is 35.5. The summed E-state index contributed by atoms with van der Waals surface area (Å²) < 4.78 is 44.2. The SMILES string of the molecule is COc1ccc(/C(=C\c2c(Cl)c[n+]([O-])cc2Cl)OC(=O)c2ccccc2)c2c1oc1ccc(NS(C)(=O)=O)cc12. The summed E-state index contributed by atoms with van der Waals surface area (Å²) in [6, 6.07) is 16.4. The van der Waals surface area contributed by atoms with Crippen molar-refractivity contribution in [3.8, 4) is 5.75 Å². The van der Waals surface area contributed by atoms with Crippen molar-refractivity contribution in [3.63, 3.8) is 0 Å². The van der Waals surface area contributed by atoms with Gasteiger partial charge in [-0.25, -0.2) is 13.2 Å². The number of halogens is 2. The van der Waals surface area contributed by atoms with Crippen molar-refractivity contribution in [1.29, 1.82) is 0 Å². The molecule has 5 aromatic rings. The first-order valence-electron chi connectivity index (χ1n) is 11.6. The average Bonchev–Trinajstić information content (AvgIpc) is 3.28. The van der Waals surface area contributed by atoms with E-state index in [1.165, 1.54) is 13.2 Å². The van der Waals surface area contributed by atoms with E-state index < -0.39 is 16.0 Å². The number of carbonyl (C=O) groups excluding carboxylic acids is 1. The topological polar surface area (TPSA) is 122 Å². The molecule has 1 N–H and O–H groups in total. The maximum absolute atomic E-state index is 13.2. The molecule has 0 bridgehead atoms. The van der Waals surface area contributed by atoms with Crippen molar-refractivity contribution in [2.75, 3.05) is 18.1 Å². The summed E-state index contributed by atoms with van der Waals surface area (Å²) in [5.41, 5.74) is 1.97. The van der Waals surface area contributed by atoms with Gasteiger partial charge in [-0.05, 0) is 48.5 Å². The fourth-order valence-electron chi connectivity index (χ4n) is 4.18. The Morgan fingerprint density at radius 2 is 1.75 bits per heavy atom. The number of carbonyl (C=O) groups is 1. The third-order valence-corrected chi connectivity index (χ3v) is 7.06. The predicted molar refractivity (Wildman–Crippen MR) is 154 cm³/mol. The molecular weight excluding hydrogens is 579 g/mol. The number of aromatic nitrogens is 1. The summed E-state index contributed by atoms with van der Waals surface area (Å²) in [6.45, 7) is 0. The van der Waals surface area contributed by atoms with E-state index >= 15 is 0 Å². The van der Waals surface area contributed by atoms with Crippen LogP contribution < -0.4 is 14.2 Å². The van der Waals surface area contributed by atoms with Gasteiger partial charge in [-0.1, -0.05) is 41.4 Å². The summed E-state index contributed by atoms with van der Waals surface area (Å²) in [5.74, 6) is -0.229. The highest BCUT2D eigenvalue weighted by Gasteiger charge is 2.23. The monoisotopic (exact) mass is 598 g/mol. The molecule has 40 heavy (non-hydrogen) atoms. The van der Waals surface area contributed by atoms with Gasteiger partial charge in [-0.15, -0.1) is 0 Å². The van der Waals surface area contributed by atoms with Crippen molar-refractivity contribution in [2.24, 2.45) is 0 Å². The maximum Gasteiger partial charge on any atom is 0.343 e. The van der Waals surface area contributed by atoms with Gasteiger partial charge in [0, 0.05) is 27.6 Å². The van der Waals surface area contributed by atoms with Crippen LogP contribution in [0.2, 0.25) is 10.0 Å². The molecule has 0 aliphatic heterocycles. The lowest BCUT2D eigenvalue weighted by molar-refractivity contribution is -0.605. The van der Waals surface area contributed by atoms with Crippen LogP contribution in [0.15, 0.2) is 77.5 Å². The molecule has 9 nitrogen and oxygen atoms in total. The smallest absolute Gasteiger partial charge is 0.343 e. The molecule has 0 saturated heterocycles. The molecular formula is C28H20Cl2N2O7S. The third-order valence-electron chi connectivity index (χ3n) is 5.85. The van der Waals surface area contributed by atoms with Gasteiger partial charge >= 0.3 is 5.97 Å². The summed E-state index contributed by atoms with van der Waals surface area (Å²) in [5, 5.41) is 12.9. The summed E-state index contributed by atoms with van der Waals surface area (Å²) >= 11 is 12.7. The first kappa shape index (κ1) is 27.3. The fourth-order valence-corrected chi connectivity index (χ4v) is 5.29. The number of benzene rings is 3. The molecule has 3 aromatic carbocycles. The second-order valence-corrected chi connectivity index (χ2v) is 11.3. The Morgan fingerprint density at radius 1 is 1.05 bits per heavy atom. The van der Waals surface area contributed by atoms with Gasteiger partial charge < -0.3 is 19.1 Å². The Hall–Kier alpha value is -4.25. The lowest BCUT2D eigenvalue weighted by Crippen LogP contribution is -2.24. The number of hydrogen-bond acceptors (Lipinski definition) is 7. The highest BCUT2D eigenvalue weighted by molar-refractivity contribution is 7.92. The quantitative estimate of drug-likeness (QED) is 0.101. The minimum atomic E-state index is -3.56. The number of sulfonamides is 1. The van der Waals surface area contributed by atoms with Gasteiger partial charge in [-0.3, -0.25) is 4.72 Å². The molecule has 204 valence electrons. The van der Waals surface area contributed by atoms with Gasteiger partial charge in [0.2, 0.25) is 10.0 Å². The van der Waals surface area contributed by atoms with Crippen molar-refractivity contribution < 1.29 is 31.8 Å². The van der Waals surface area contributed by atoms with E-state index in [-0.39, 0.29) is 26.9 Å². The molecule has 0 amide bonds. The number of rotatable bonds is 7. The first-order chi connectivity index (χ1) is 19.0. The number of furan rings is 1. The third kappa shape index (κ3) is 5.55. The van der Waals surface area contributed by atoms with Crippen molar-refractivity contribution in [1.82, 2.24) is 0 Å². The standard InChI is InChI=1S/C28H20Cl2N2O7S/c1-37-24-11-9-18(26-20-12-17(31-40(2,35)36)8-10-23(20)38-27(24)26)25(39-28(33)16-6-4-3-5-7-16)13-19-21(29)14-32(34)15-22(19)30/h3-15,31H,1-2H3/b25-13+. The van der Waals surface area contributed by atoms with Crippen LogP contribution in [-0.2, 0) is 14.8 Å². The lowest BCUT2D eigenvalue weighted by atomic mass is 10.0. The number of pyridine rings is 1. The number of nitrogens with one attached hydrogen (secondary N) is 1. The van der Waals surface area contributed by atoms with Crippen LogP contribution in [0, 0.1) is 5.21 Å². The van der Waals surface area contributed by atoms with Crippen LogP contribution in [0.1, 0.15) is 21.5 Å². The zero-order valence-corrected chi connectivity index (χ0v) is 23.3. The number of ether oxygens (including phenoxy) is 2. The fraction of sp³-hybridized carbons (Fsp3) is 0.0714. The Morgan fingerprint density at radius 3 is 2.40 bits per heavy atom. The summed E-state index contributed by atoms with van der Waals surface area (Å²) in [6.07, 6.45) is 4.73. The van der Waals surface area contributed by atoms with Crippen LogP contribution in [0.4, 0.5) is 5.69 Å². The van der Waals surface area contributed by atoms with Crippen LogP contribution in [0.25, 0.3) is 33.8 Å². The second-order valence-electron chi connectivity index (χ2n) is 8.70. The molecule has 0 aliphatic carbocycles. The number of hydrogen-bond donors (Lipinski definition) is 1. The van der Waals surface area contributed by atoms with E-state index in [9.17, 15) is 18.4 Å². The number of nitrogens with zero attached hydrogens (tertiary/aromatic N) is 1. The van der Waals surface area contributed by atoms with E-state index in [0.29, 0.717) is 43.7 Å². The second kappa shape index (κ2) is 10.7. The van der Waals surface area contributed by atoms with Gasteiger partial charge in [0.05, 0.1) is 18.9 Å². The van der Waals surface area contributed by atoms with Gasteiger partial charge in [-0.2, -0.15) is 4.73 Å². The molecule has 0 atom stereocenters. The summed E-state index contributed by atoms with van der Waals surface area (Å²) in [7, 11) is -2.09. The molecule has 0 aliphatic rings. The Bertz CT molecular complexity index is 1900. The Kier molecular flexibility index (Phi) is 7.33. The zero-order valence-electron chi connectivity index (χ0n) is 21.0. The van der Waals surface area contributed by atoms with Crippen molar-refractivity contribution in [3.05, 3.63) is 105 Å². The number of fused-ring (bicyclic) bond motifs is 3. The van der Waals surface area contributed by atoms with Crippen molar-refractivity contribution in [2.45, 2.75) is 0 Å². The first-order valence-corrected chi connectivity index (χ1v) is 14.3. The molecule has 2 aromatic heterocycles. The molecule has 5 rings (SSSR count). The number of anilines is 1. The van der Waals surface area contributed by atoms with E-state index in [1.54, 1.807) is 60.7 Å². The Labute approximate surface area is 238 Å². The minimum absolute atomic E-state index is 0.0252. The van der Waals surface area contributed by atoms with Crippen LogP contribution in [-0.4, -0.2) is 27.8 Å².